The molecule has 0 radical (unpaired) electrons. The number of alkyl halides is 3. The van der Waals surface area contributed by atoms with Crippen molar-refractivity contribution < 1.29 is 22.7 Å². The topological polar surface area (TPSA) is 85.2 Å². The molecule has 1 saturated heterocycles. The molecule has 2 aromatic heterocycles. The zero-order chi connectivity index (χ0) is 24.1. The molecule has 1 aromatic carbocycles. The van der Waals surface area contributed by atoms with Gasteiger partial charge in [-0.15, -0.1) is 0 Å². The third kappa shape index (κ3) is 5.61. The SMILES string of the molecule is CCCSc1nc(N2CCOCC2)c2cnn(CCNC(=O)c3cccc(C(F)(F)F)c3)c2n1. The van der Waals surface area contributed by atoms with E-state index < -0.39 is 17.6 Å². The maximum atomic E-state index is 12.9. The zero-order valence-electron chi connectivity index (χ0n) is 18.6. The van der Waals surface area contributed by atoms with Crippen molar-refractivity contribution in [3.8, 4) is 0 Å². The standard InChI is InChI=1S/C22H25F3N6O2S/c1-2-12-34-21-28-18(30-8-10-33-11-9-30)17-14-27-31(19(17)29-21)7-6-26-20(32)15-4-3-5-16(13-15)22(23,24)25/h3-5,13-14H,2,6-12H2,1H3,(H,26,32). The van der Waals surface area contributed by atoms with E-state index >= 15 is 0 Å². The van der Waals surface area contributed by atoms with Gasteiger partial charge < -0.3 is 15.0 Å². The van der Waals surface area contributed by atoms with Crippen molar-refractivity contribution in [3.63, 3.8) is 0 Å². The molecule has 1 N–H and O–H groups in total. The van der Waals surface area contributed by atoms with Crippen LogP contribution in [0.25, 0.3) is 11.0 Å². The highest BCUT2D eigenvalue weighted by Gasteiger charge is 2.30. The first-order valence-electron chi connectivity index (χ1n) is 11.0. The summed E-state index contributed by atoms with van der Waals surface area (Å²) in [5.41, 5.74) is -0.249. The molecule has 1 aliphatic rings. The van der Waals surface area contributed by atoms with E-state index in [1.807, 2.05) is 0 Å². The first kappa shape index (κ1) is 24.3. The summed E-state index contributed by atoms with van der Waals surface area (Å²) in [6.07, 6.45) is -1.81. The summed E-state index contributed by atoms with van der Waals surface area (Å²) in [4.78, 5) is 24.0. The van der Waals surface area contributed by atoms with E-state index in [9.17, 15) is 18.0 Å². The van der Waals surface area contributed by atoms with E-state index in [0.717, 1.165) is 48.6 Å². The smallest absolute Gasteiger partial charge is 0.378 e. The number of nitrogens with zero attached hydrogens (tertiary/aromatic N) is 5. The summed E-state index contributed by atoms with van der Waals surface area (Å²) in [7, 11) is 0. The Bertz CT molecular complexity index is 1150. The molecular weight excluding hydrogens is 469 g/mol. The van der Waals surface area contributed by atoms with E-state index in [4.69, 9.17) is 9.72 Å². The predicted octanol–water partition coefficient (Wildman–Crippen LogP) is 3.61. The number of fused-ring (bicyclic) bond motifs is 1. The van der Waals surface area contributed by atoms with Gasteiger partial charge in [-0.2, -0.15) is 18.3 Å². The Morgan fingerprint density at radius 2 is 2.03 bits per heavy atom. The highest BCUT2D eigenvalue weighted by Crippen LogP contribution is 2.30. The molecule has 0 unspecified atom stereocenters. The highest BCUT2D eigenvalue weighted by atomic mass is 32.2. The number of thioether (sulfide) groups is 1. The van der Waals surface area contributed by atoms with Gasteiger partial charge in [0.2, 0.25) is 0 Å². The number of halogens is 3. The van der Waals surface area contributed by atoms with Gasteiger partial charge in [-0.3, -0.25) is 4.79 Å². The summed E-state index contributed by atoms with van der Waals surface area (Å²) in [5, 5.41) is 8.57. The number of rotatable bonds is 8. The number of carbonyl (C=O) groups excluding carboxylic acids is 1. The van der Waals surface area contributed by atoms with Crippen LogP contribution in [-0.2, 0) is 17.5 Å². The van der Waals surface area contributed by atoms with Gasteiger partial charge in [0.25, 0.3) is 5.91 Å². The van der Waals surface area contributed by atoms with Gasteiger partial charge in [-0.05, 0) is 24.6 Å². The molecule has 0 atom stereocenters. The maximum absolute atomic E-state index is 12.9. The number of ether oxygens (including phenoxy) is 1. The molecule has 0 bridgehead atoms. The number of hydrogen-bond donors (Lipinski definition) is 1. The molecule has 0 saturated carbocycles. The number of hydrogen-bond acceptors (Lipinski definition) is 7. The molecule has 1 aliphatic heterocycles. The Hall–Kier alpha value is -2.86. The van der Waals surface area contributed by atoms with Gasteiger partial charge in [0.1, 0.15) is 5.82 Å². The second-order valence-electron chi connectivity index (χ2n) is 7.72. The number of morpholine rings is 1. The average Bonchev–Trinajstić information content (AvgIpc) is 3.25. The second kappa shape index (κ2) is 10.6. The van der Waals surface area contributed by atoms with Crippen LogP contribution in [0.15, 0.2) is 35.6 Å². The van der Waals surface area contributed by atoms with E-state index in [1.54, 1.807) is 22.6 Å². The van der Waals surface area contributed by atoms with E-state index in [0.29, 0.717) is 30.6 Å². The number of amides is 1. The molecule has 34 heavy (non-hydrogen) atoms. The average molecular weight is 495 g/mol. The Morgan fingerprint density at radius 3 is 2.76 bits per heavy atom. The van der Waals surface area contributed by atoms with Gasteiger partial charge in [-0.25, -0.2) is 14.6 Å². The van der Waals surface area contributed by atoms with E-state index in [2.05, 4.69) is 27.2 Å². The van der Waals surface area contributed by atoms with Crippen LogP contribution in [0.5, 0.6) is 0 Å². The minimum Gasteiger partial charge on any atom is -0.378 e. The van der Waals surface area contributed by atoms with Crippen LogP contribution in [0.4, 0.5) is 19.0 Å². The number of nitrogens with one attached hydrogen (secondary N) is 1. The molecule has 3 aromatic rings. The van der Waals surface area contributed by atoms with Crippen LogP contribution in [0.2, 0.25) is 0 Å². The van der Waals surface area contributed by atoms with Gasteiger partial charge in [-0.1, -0.05) is 24.8 Å². The van der Waals surface area contributed by atoms with Gasteiger partial charge in [0.05, 0.1) is 36.9 Å². The number of aromatic nitrogens is 4. The molecular formula is C22H25F3N6O2S. The molecule has 12 heteroatoms. The quantitative estimate of drug-likeness (QED) is 0.378. The Kier molecular flexibility index (Phi) is 7.57. The lowest BCUT2D eigenvalue weighted by atomic mass is 10.1. The number of benzene rings is 1. The van der Waals surface area contributed by atoms with E-state index in [-0.39, 0.29) is 12.1 Å². The lowest BCUT2D eigenvalue weighted by Crippen LogP contribution is -2.37. The van der Waals surface area contributed by atoms with Crippen LogP contribution in [0.3, 0.4) is 0 Å². The minimum absolute atomic E-state index is 0.0460. The van der Waals surface area contributed by atoms with Crippen molar-refractivity contribution in [1.82, 2.24) is 25.1 Å². The lowest BCUT2D eigenvalue weighted by molar-refractivity contribution is -0.137. The van der Waals surface area contributed by atoms with Crippen molar-refractivity contribution in [2.45, 2.75) is 31.2 Å². The molecule has 1 fully saturated rings. The molecule has 0 spiro atoms. The predicted molar refractivity (Wildman–Crippen MR) is 123 cm³/mol. The number of carbonyl (C=O) groups is 1. The zero-order valence-corrected chi connectivity index (χ0v) is 19.5. The first-order valence-corrected chi connectivity index (χ1v) is 12.0. The third-order valence-electron chi connectivity index (χ3n) is 5.26. The fourth-order valence-electron chi connectivity index (χ4n) is 3.57. The first-order chi connectivity index (χ1) is 16.4. The Balaban J connectivity index is 1.50. The summed E-state index contributed by atoms with van der Waals surface area (Å²) in [6.45, 7) is 5.28. The van der Waals surface area contributed by atoms with Gasteiger partial charge >= 0.3 is 6.18 Å². The summed E-state index contributed by atoms with van der Waals surface area (Å²) in [6, 6.07) is 4.36. The largest absolute Gasteiger partial charge is 0.416 e. The third-order valence-corrected chi connectivity index (χ3v) is 6.32. The summed E-state index contributed by atoms with van der Waals surface area (Å²) >= 11 is 1.57. The monoisotopic (exact) mass is 494 g/mol. The summed E-state index contributed by atoms with van der Waals surface area (Å²) < 4.78 is 45.9. The van der Waals surface area contributed by atoms with Crippen molar-refractivity contribution in [2.24, 2.45) is 0 Å². The highest BCUT2D eigenvalue weighted by molar-refractivity contribution is 7.99. The fourth-order valence-corrected chi connectivity index (χ4v) is 4.26. The van der Waals surface area contributed by atoms with Crippen LogP contribution >= 0.6 is 11.8 Å². The van der Waals surface area contributed by atoms with Crippen LogP contribution in [0.1, 0.15) is 29.3 Å². The van der Waals surface area contributed by atoms with Crippen LogP contribution in [-0.4, -0.2) is 64.3 Å². The lowest BCUT2D eigenvalue weighted by Gasteiger charge is -2.28. The molecule has 3 heterocycles. The Labute approximate surface area is 198 Å². The summed E-state index contributed by atoms with van der Waals surface area (Å²) in [5.74, 6) is 1.12. The number of anilines is 1. The molecule has 4 rings (SSSR count). The molecule has 0 aliphatic carbocycles. The normalized spacial score (nSPS) is 14.5. The van der Waals surface area contributed by atoms with Crippen molar-refractivity contribution in [2.75, 3.05) is 43.5 Å². The molecule has 182 valence electrons. The van der Waals surface area contributed by atoms with Gasteiger partial charge in [0.15, 0.2) is 10.8 Å². The van der Waals surface area contributed by atoms with Crippen molar-refractivity contribution in [3.05, 3.63) is 41.6 Å². The molecule has 1 amide bonds. The Morgan fingerprint density at radius 1 is 1.24 bits per heavy atom. The minimum atomic E-state index is -4.50. The fraction of sp³-hybridized carbons (Fsp3) is 0.455. The maximum Gasteiger partial charge on any atom is 0.416 e. The van der Waals surface area contributed by atoms with E-state index in [1.165, 1.54) is 12.1 Å². The molecule has 8 nitrogen and oxygen atoms in total. The van der Waals surface area contributed by atoms with Gasteiger partial charge in [0, 0.05) is 31.0 Å². The second-order valence-corrected chi connectivity index (χ2v) is 8.78. The van der Waals surface area contributed by atoms with Crippen LogP contribution < -0.4 is 10.2 Å². The van der Waals surface area contributed by atoms with Crippen molar-refractivity contribution in [1.29, 1.82) is 0 Å². The van der Waals surface area contributed by atoms with Crippen LogP contribution in [0, 0.1) is 0 Å². The van der Waals surface area contributed by atoms with Crippen molar-refractivity contribution >= 4 is 34.5 Å².